The van der Waals surface area contributed by atoms with Crippen molar-refractivity contribution in [2.24, 2.45) is 0 Å². The van der Waals surface area contributed by atoms with E-state index in [1.165, 1.54) is 10.9 Å². The molecule has 4 atom stereocenters. The lowest BCUT2D eigenvalue weighted by atomic mass is 10.1. The van der Waals surface area contributed by atoms with Gasteiger partial charge < -0.3 is 26.0 Å². The third kappa shape index (κ3) is 2.08. The van der Waals surface area contributed by atoms with Gasteiger partial charge in [0.2, 0.25) is 5.95 Å². The molecule has 0 amide bonds. The number of nitrogen functional groups attached to an aromatic ring is 1. The molecule has 0 aromatic carbocycles. The summed E-state index contributed by atoms with van der Waals surface area (Å²) in [5.74, 6) is -0.0347. The number of aliphatic hydroxyl groups excluding tert-OH is 2. The van der Waals surface area contributed by atoms with E-state index in [0.29, 0.717) is 0 Å². The van der Waals surface area contributed by atoms with Crippen LogP contribution in [0.2, 0.25) is 0 Å². The third-order valence-corrected chi connectivity index (χ3v) is 3.61. The smallest absolute Gasteiger partial charge is 0.280 e. The summed E-state index contributed by atoms with van der Waals surface area (Å²) in [5, 5.41) is 22.3. The standard InChI is InChI=1S/C11H16N6O4/c1-13-5-7(19)4(2-18)21-10(5)17-3-14-6-8(17)15-11(12)16-9(6)20/h3-5,7,10,13,18-19H,2H2,1H3,(H3,12,15,16,20)/t4-,5-,7-,10-/m1/s1. The monoisotopic (exact) mass is 296 g/mol. The average Bonchev–Trinajstić information content (AvgIpc) is 2.99. The van der Waals surface area contributed by atoms with E-state index in [1.54, 1.807) is 7.05 Å². The number of aromatic nitrogens is 4. The summed E-state index contributed by atoms with van der Waals surface area (Å²) >= 11 is 0. The molecule has 10 heteroatoms. The lowest BCUT2D eigenvalue weighted by Gasteiger charge is -2.20. The zero-order chi connectivity index (χ0) is 15.1. The van der Waals surface area contributed by atoms with Crippen LogP contribution in [0, 0.1) is 0 Å². The molecular formula is C11H16N6O4. The van der Waals surface area contributed by atoms with Crippen molar-refractivity contribution in [2.75, 3.05) is 19.4 Å². The molecule has 0 radical (unpaired) electrons. The number of likely N-dealkylation sites (N-methyl/N-ethyl adjacent to an activating group) is 1. The highest BCUT2D eigenvalue weighted by Gasteiger charge is 2.44. The van der Waals surface area contributed by atoms with Crippen molar-refractivity contribution < 1.29 is 14.9 Å². The van der Waals surface area contributed by atoms with Gasteiger partial charge in [0.1, 0.15) is 12.2 Å². The van der Waals surface area contributed by atoms with Crippen LogP contribution in [0.3, 0.4) is 0 Å². The Morgan fingerprint density at radius 1 is 1.62 bits per heavy atom. The molecule has 1 saturated heterocycles. The van der Waals surface area contributed by atoms with Crippen LogP contribution >= 0.6 is 0 Å². The molecule has 21 heavy (non-hydrogen) atoms. The van der Waals surface area contributed by atoms with Crippen LogP contribution < -0.4 is 16.6 Å². The van der Waals surface area contributed by atoms with Gasteiger partial charge in [-0.05, 0) is 7.05 Å². The van der Waals surface area contributed by atoms with Crippen LogP contribution in [-0.4, -0.2) is 61.6 Å². The van der Waals surface area contributed by atoms with Gasteiger partial charge in [0.15, 0.2) is 17.4 Å². The molecular weight excluding hydrogens is 280 g/mol. The van der Waals surface area contributed by atoms with Crippen molar-refractivity contribution in [3.8, 4) is 0 Å². The van der Waals surface area contributed by atoms with Crippen molar-refractivity contribution in [2.45, 2.75) is 24.5 Å². The van der Waals surface area contributed by atoms with Crippen molar-refractivity contribution >= 4 is 17.1 Å². The number of rotatable bonds is 3. The molecule has 1 aliphatic rings. The number of anilines is 1. The SMILES string of the molecule is CN[C@@H]1[C@H](O)[C@@H](CO)O[C@H]1n1cnc2c(=O)[nH]c(N)nc21. The second-order valence-electron chi connectivity index (χ2n) is 4.83. The summed E-state index contributed by atoms with van der Waals surface area (Å²) < 4.78 is 7.14. The number of H-pyrrole nitrogens is 1. The summed E-state index contributed by atoms with van der Waals surface area (Å²) in [7, 11) is 1.66. The molecule has 0 aliphatic carbocycles. The minimum atomic E-state index is -0.901. The van der Waals surface area contributed by atoms with Gasteiger partial charge in [0.25, 0.3) is 5.56 Å². The molecule has 1 fully saturated rings. The van der Waals surface area contributed by atoms with E-state index in [4.69, 9.17) is 10.5 Å². The largest absolute Gasteiger partial charge is 0.394 e. The fourth-order valence-electron chi connectivity index (χ4n) is 2.58. The fourth-order valence-corrected chi connectivity index (χ4v) is 2.58. The van der Waals surface area contributed by atoms with Gasteiger partial charge in [-0.1, -0.05) is 0 Å². The number of nitrogens with zero attached hydrogens (tertiary/aromatic N) is 3. The lowest BCUT2D eigenvalue weighted by molar-refractivity contribution is -0.0440. The highest BCUT2D eigenvalue weighted by Crippen LogP contribution is 2.30. The Balaban J connectivity index is 2.10. The van der Waals surface area contributed by atoms with Gasteiger partial charge in [-0.15, -0.1) is 0 Å². The van der Waals surface area contributed by atoms with E-state index in [2.05, 4.69) is 20.3 Å². The number of hydrogen-bond donors (Lipinski definition) is 5. The molecule has 114 valence electrons. The second kappa shape index (κ2) is 5.07. The van der Waals surface area contributed by atoms with Gasteiger partial charge >= 0.3 is 0 Å². The number of hydrogen-bond acceptors (Lipinski definition) is 8. The molecule has 1 aliphatic heterocycles. The Kier molecular flexibility index (Phi) is 3.37. The van der Waals surface area contributed by atoms with Crippen LogP contribution in [0.15, 0.2) is 11.1 Å². The Labute approximate surface area is 118 Å². The Morgan fingerprint density at radius 2 is 2.38 bits per heavy atom. The number of ether oxygens (including phenoxy) is 1. The zero-order valence-corrected chi connectivity index (χ0v) is 11.2. The normalized spacial score (nSPS) is 29.3. The first-order chi connectivity index (χ1) is 10.1. The first-order valence-electron chi connectivity index (χ1n) is 6.40. The van der Waals surface area contributed by atoms with Gasteiger partial charge in [-0.25, -0.2) is 4.98 Å². The maximum Gasteiger partial charge on any atom is 0.280 e. The van der Waals surface area contributed by atoms with Crippen LogP contribution in [0.1, 0.15) is 6.23 Å². The van der Waals surface area contributed by atoms with Crippen molar-refractivity contribution in [3.63, 3.8) is 0 Å². The average molecular weight is 296 g/mol. The molecule has 2 aromatic rings. The highest BCUT2D eigenvalue weighted by atomic mass is 16.5. The molecule has 3 rings (SSSR count). The quantitative estimate of drug-likeness (QED) is 0.418. The third-order valence-electron chi connectivity index (χ3n) is 3.61. The Hall–Kier alpha value is -2.01. The number of imidazole rings is 1. The van der Waals surface area contributed by atoms with Crippen LogP contribution in [0.25, 0.3) is 11.2 Å². The number of nitrogens with one attached hydrogen (secondary N) is 2. The van der Waals surface area contributed by atoms with E-state index in [9.17, 15) is 15.0 Å². The van der Waals surface area contributed by atoms with Gasteiger partial charge in [0, 0.05) is 0 Å². The van der Waals surface area contributed by atoms with Gasteiger partial charge in [0.05, 0.1) is 19.0 Å². The van der Waals surface area contributed by atoms with Gasteiger partial charge in [-0.2, -0.15) is 4.98 Å². The number of nitrogens with two attached hydrogens (primary N) is 1. The summed E-state index contributed by atoms with van der Waals surface area (Å²) in [6.45, 7) is -0.321. The summed E-state index contributed by atoms with van der Waals surface area (Å²) in [4.78, 5) is 22.2. The number of fused-ring (bicyclic) bond motifs is 1. The zero-order valence-electron chi connectivity index (χ0n) is 11.2. The fraction of sp³-hybridized carbons (Fsp3) is 0.545. The first kappa shape index (κ1) is 13.9. The van der Waals surface area contributed by atoms with E-state index < -0.39 is 30.0 Å². The minimum Gasteiger partial charge on any atom is -0.394 e. The maximum atomic E-state index is 11.8. The molecule has 6 N–H and O–H groups in total. The highest BCUT2D eigenvalue weighted by molar-refractivity contribution is 5.70. The molecule has 10 nitrogen and oxygen atoms in total. The van der Waals surface area contributed by atoms with Crippen molar-refractivity contribution in [1.29, 1.82) is 0 Å². The predicted octanol–water partition coefficient (Wildman–Crippen LogP) is -2.46. The van der Waals surface area contributed by atoms with Gasteiger partial charge in [-0.3, -0.25) is 14.3 Å². The summed E-state index contributed by atoms with van der Waals surface area (Å²) in [5.41, 5.74) is 5.48. The van der Waals surface area contributed by atoms with E-state index in [-0.39, 0.29) is 23.7 Å². The molecule has 0 spiro atoms. The van der Waals surface area contributed by atoms with Crippen LogP contribution in [-0.2, 0) is 4.74 Å². The second-order valence-corrected chi connectivity index (χ2v) is 4.83. The predicted molar refractivity (Wildman–Crippen MR) is 72.4 cm³/mol. The maximum absolute atomic E-state index is 11.8. The lowest BCUT2D eigenvalue weighted by Crippen LogP contribution is -2.42. The number of aliphatic hydroxyl groups is 2. The van der Waals surface area contributed by atoms with Crippen molar-refractivity contribution in [3.05, 3.63) is 16.7 Å². The van der Waals surface area contributed by atoms with E-state index >= 15 is 0 Å². The first-order valence-corrected chi connectivity index (χ1v) is 6.40. The van der Waals surface area contributed by atoms with E-state index in [0.717, 1.165) is 0 Å². The summed E-state index contributed by atoms with van der Waals surface area (Å²) in [6.07, 6.45) is -0.903. The molecule has 0 bridgehead atoms. The summed E-state index contributed by atoms with van der Waals surface area (Å²) in [6, 6.07) is -0.484. The van der Waals surface area contributed by atoms with Crippen LogP contribution in [0.4, 0.5) is 5.95 Å². The molecule has 0 unspecified atom stereocenters. The molecule has 0 saturated carbocycles. The molecule has 3 heterocycles. The Bertz CT molecular complexity index is 712. The Morgan fingerprint density at radius 3 is 3.05 bits per heavy atom. The van der Waals surface area contributed by atoms with E-state index in [1.807, 2.05) is 0 Å². The minimum absolute atomic E-state index is 0.0347. The van der Waals surface area contributed by atoms with Crippen LogP contribution in [0.5, 0.6) is 0 Å². The number of aromatic amines is 1. The molecule has 2 aromatic heterocycles. The topological polar surface area (TPSA) is 151 Å². The van der Waals surface area contributed by atoms with Crippen molar-refractivity contribution in [1.82, 2.24) is 24.8 Å².